The minimum atomic E-state index is -0.843. The molecule has 0 atom stereocenters. The topological polar surface area (TPSA) is 90.0 Å². The number of ketones is 1. The van der Waals surface area contributed by atoms with E-state index in [4.69, 9.17) is 28.9 Å². The lowest BCUT2D eigenvalue weighted by Crippen LogP contribution is -2.15. The Morgan fingerprint density at radius 1 is 1.17 bits per heavy atom. The number of rotatable bonds is 6. The van der Waals surface area contributed by atoms with E-state index in [1.165, 1.54) is 19.1 Å². The van der Waals surface area contributed by atoms with Crippen LogP contribution in [0.3, 0.4) is 0 Å². The van der Waals surface area contributed by atoms with Crippen LogP contribution in [-0.4, -0.2) is 32.9 Å². The maximum atomic E-state index is 13.3. The number of carbonyl (C=O) groups excluding carboxylic acids is 2. The Morgan fingerprint density at radius 3 is 2.40 bits per heavy atom. The van der Waals surface area contributed by atoms with E-state index in [-0.39, 0.29) is 11.7 Å². The number of nitrogens with one attached hydrogen (secondary N) is 1. The summed E-state index contributed by atoms with van der Waals surface area (Å²) in [6.07, 6.45) is 2.14. The molecule has 1 heterocycles. The molecule has 6 nitrogen and oxygen atoms in total. The Kier molecular flexibility index (Phi) is 8.98. The van der Waals surface area contributed by atoms with Crippen LogP contribution in [0.4, 0.5) is 10.1 Å². The molecule has 1 aromatic heterocycles. The van der Waals surface area contributed by atoms with E-state index < -0.39 is 10.7 Å². The first-order valence-corrected chi connectivity index (χ1v) is 9.88. The number of benzene rings is 2. The van der Waals surface area contributed by atoms with Gasteiger partial charge in [-0.1, -0.05) is 47.5 Å². The first-order chi connectivity index (χ1) is 14.3. The van der Waals surface area contributed by atoms with Crippen molar-refractivity contribution in [1.29, 1.82) is 0 Å². The fourth-order valence-corrected chi connectivity index (χ4v) is 2.40. The molecule has 1 amide bonds. The summed E-state index contributed by atoms with van der Waals surface area (Å²) in [5.74, 6) is -0.959. The number of halogens is 3. The monoisotopic (exact) mass is 450 g/mol. The maximum Gasteiger partial charge on any atom is 0.259 e. The highest BCUT2D eigenvalue weighted by Gasteiger charge is 2.17. The number of anilines is 1. The minimum absolute atomic E-state index is 0.210. The summed E-state index contributed by atoms with van der Waals surface area (Å²) in [5.41, 5.74) is 7.89. The van der Waals surface area contributed by atoms with Crippen LogP contribution in [-0.2, 0) is 11.2 Å². The number of alkyl halides is 2. The summed E-state index contributed by atoms with van der Waals surface area (Å²) in [7, 11) is 0. The van der Waals surface area contributed by atoms with E-state index in [1.807, 2.05) is 30.3 Å². The minimum Gasteiger partial charge on any atom is -0.330 e. The molecule has 0 saturated carbocycles. The van der Waals surface area contributed by atoms with E-state index in [0.717, 1.165) is 5.69 Å². The van der Waals surface area contributed by atoms with Crippen LogP contribution >= 0.6 is 23.2 Å². The van der Waals surface area contributed by atoms with Crippen molar-refractivity contribution in [1.82, 2.24) is 9.78 Å². The highest BCUT2D eigenvalue weighted by Crippen LogP contribution is 2.16. The molecular formula is C21H21Cl2FN4O2. The average molecular weight is 451 g/mol. The summed E-state index contributed by atoms with van der Waals surface area (Å²) in [5, 5.41) is 7.14. The van der Waals surface area contributed by atoms with Gasteiger partial charge in [-0.25, -0.2) is 9.07 Å². The van der Waals surface area contributed by atoms with E-state index >= 15 is 0 Å². The Hall–Kier alpha value is -2.74. The summed E-state index contributed by atoms with van der Waals surface area (Å²) in [6, 6.07) is 15.2. The largest absolute Gasteiger partial charge is 0.330 e. The molecule has 0 fully saturated rings. The number of nitrogens with two attached hydrogens (primary N) is 1. The van der Waals surface area contributed by atoms with Crippen LogP contribution in [0.5, 0.6) is 0 Å². The van der Waals surface area contributed by atoms with E-state index in [2.05, 4.69) is 10.4 Å². The van der Waals surface area contributed by atoms with Crippen molar-refractivity contribution in [3.8, 4) is 5.69 Å². The number of hydrogen-bond donors (Lipinski definition) is 2. The van der Waals surface area contributed by atoms with Gasteiger partial charge in [0, 0.05) is 18.3 Å². The van der Waals surface area contributed by atoms with Gasteiger partial charge in [0.2, 0.25) is 0 Å². The van der Waals surface area contributed by atoms with Crippen LogP contribution < -0.4 is 11.1 Å². The molecule has 158 valence electrons. The Labute approximate surface area is 183 Å². The molecule has 0 spiro atoms. The van der Waals surface area contributed by atoms with Gasteiger partial charge in [0.1, 0.15) is 5.82 Å². The lowest BCUT2D eigenvalue weighted by Gasteiger charge is -2.04. The molecule has 3 N–H and O–H groups in total. The molecule has 0 aliphatic heterocycles. The van der Waals surface area contributed by atoms with Gasteiger partial charge in [-0.2, -0.15) is 5.10 Å². The second-order valence-electron chi connectivity index (χ2n) is 6.18. The molecule has 3 rings (SSSR count). The Bertz CT molecular complexity index is 994. The highest BCUT2D eigenvalue weighted by molar-refractivity contribution is 6.53. The average Bonchev–Trinajstić information content (AvgIpc) is 3.13. The third-order valence-electron chi connectivity index (χ3n) is 3.83. The Morgan fingerprint density at radius 2 is 1.83 bits per heavy atom. The quantitative estimate of drug-likeness (QED) is 0.552. The van der Waals surface area contributed by atoms with Gasteiger partial charge in [0.05, 0.1) is 16.9 Å². The van der Waals surface area contributed by atoms with Crippen molar-refractivity contribution in [2.45, 2.75) is 18.2 Å². The molecule has 30 heavy (non-hydrogen) atoms. The van der Waals surface area contributed by atoms with E-state index in [9.17, 15) is 14.0 Å². The molecule has 9 heteroatoms. The van der Waals surface area contributed by atoms with E-state index in [1.54, 1.807) is 23.0 Å². The molecule has 0 saturated heterocycles. The standard InChI is InChI=1S/C18H17FN4O.C3H4Cl2O/c19-13-5-4-6-14(11-13)21-18(24)16-12-23(22-17(16)9-10-20)15-7-2-1-3-8-15;1-2(6)3(4)5/h1-8,11-12H,9-10,20H2,(H,21,24);3H,1H3. The second kappa shape index (κ2) is 11.4. The van der Waals surface area contributed by atoms with Crippen LogP contribution in [0.1, 0.15) is 23.0 Å². The summed E-state index contributed by atoms with van der Waals surface area (Å²) in [4.78, 5) is 21.6. The summed E-state index contributed by atoms with van der Waals surface area (Å²) >= 11 is 10.1. The number of amides is 1. The number of para-hydroxylation sites is 1. The molecule has 0 radical (unpaired) electrons. The lowest BCUT2D eigenvalue weighted by molar-refractivity contribution is -0.115. The van der Waals surface area contributed by atoms with Gasteiger partial charge in [-0.05, 0) is 43.8 Å². The zero-order chi connectivity index (χ0) is 22.1. The van der Waals surface area contributed by atoms with Crippen molar-refractivity contribution in [2.75, 3.05) is 11.9 Å². The van der Waals surface area contributed by atoms with Gasteiger partial charge in [-0.3, -0.25) is 9.59 Å². The molecule has 0 unspecified atom stereocenters. The van der Waals surface area contributed by atoms with Gasteiger partial charge in [0.25, 0.3) is 5.91 Å². The van der Waals surface area contributed by atoms with Crippen molar-refractivity contribution in [3.05, 3.63) is 77.9 Å². The zero-order valence-corrected chi connectivity index (χ0v) is 17.7. The molecule has 2 aromatic carbocycles. The number of carbonyl (C=O) groups is 2. The number of Topliss-reactive ketones (excluding diaryl/α,β-unsaturated/α-hetero) is 1. The molecule has 0 aliphatic rings. The third kappa shape index (κ3) is 6.95. The van der Waals surface area contributed by atoms with Crippen molar-refractivity contribution >= 4 is 40.6 Å². The SMILES string of the molecule is CC(=O)C(Cl)Cl.NCCc1nn(-c2ccccc2)cc1C(=O)Nc1cccc(F)c1. The van der Waals surface area contributed by atoms with Gasteiger partial charge >= 0.3 is 0 Å². The van der Waals surface area contributed by atoms with Gasteiger partial charge in [-0.15, -0.1) is 0 Å². The fraction of sp³-hybridized carbons (Fsp3) is 0.190. The van der Waals surface area contributed by atoms with Crippen molar-refractivity contribution < 1.29 is 14.0 Å². The van der Waals surface area contributed by atoms with Crippen LogP contribution in [0, 0.1) is 5.82 Å². The summed E-state index contributed by atoms with van der Waals surface area (Å²) < 4.78 is 14.9. The highest BCUT2D eigenvalue weighted by atomic mass is 35.5. The van der Waals surface area contributed by atoms with E-state index in [0.29, 0.717) is 29.9 Å². The first-order valence-electron chi connectivity index (χ1n) is 9.01. The lowest BCUT2D eigenvalue weighted by atomic mass is 10.2. The molecule has 0 aliphatic carbocycles. The normalized spacial score (nSPS) is 10.3. The summed E-state index contributed by atoms with van der Waals surface area (Å²) in [6.45, 7) is 1.72. The van der Waals surface area contributed by atoms with Gasteiger partial charge < -0.3 is 11.1 Å². The molecule has 0 bridgehead atoms. The van der Waals surface area contributed by atoms with Crippen LogP contribution in [0.25, 0.3) is 5.69 Å². The first kappa shape index (κ1) is 23.5. The second-order valence-corrected chi connectivity index (χ2v) is 7.28. The predicted molar refractivity (Wildman–Crippen MR) is 117 cm³/mol. The third-order valence-corrected chi connectivity index (χ3v) is 4.44. The molecule has 3 aromatic rings. The van der Waals surface area contributed by atoms with Crippen molar-refractivity contribution in [3.63, 3.8) is 0 Å². The predicted octanol–water partition coefficient (Wildman–Crippen LogP) is 4.14. The Balaban J connectivity index is 0.000000469. The maximum absolute atomic E-state index is 13.3. The zero-order valence-electron chi connectivity index (χ0n) is 16.2. The van der Waals surface area contributed by atoms with Crippen LogP contribution in [0.2, 0.25) is 0 Å². The molecular weight excluding hydrogens is 430 g/mol. The number of aromatic nitrogens is 2. The van der Waals surface area contributed by atoms with Crippen molar-refractivity contribution in [2.24, 2.45) is 5.73 Å². The number of nitrogens with zero attached hydrogens (tertiary/aromatic N) is 2. The fourth-order valence-electron chi connectivity index (χ4n) is 2.40. The van der Waals surface area contributed by atoms with Gasteiger partial charge in [0.15, 0.2) is 10.6 Å². The smallest absolute Gasteiger partial charge is 0.259 e. The number of hydrogen-bond acceptors (Lipinski definition) is 4. The van der Waals surface area contributed by atoms with Crippen LogP contribution in [0.15, 0.2) is 60.8 Å².